The Balaban J connectivity index is 4.15. The number of allylic oxidation sites excluding steroid dienone is 10. The summed E-state index contributed by atoms with van der Waals surface area (Å²) >= 11 is 0. The summed E-state index contributed by atoms with van der Waals surface area (Å²) in [7, 11) is 0. The van der Waals surface area contributed by atoms with E-state index in [9.17, 15) is 9.59 Å². The molecule has 0 N–H and O–H groups in total. The van der Waals surface area contributed by atoms with Crippen LogP contribution in [0.15, 0.2) is 60.8 Å². The van der Waals surface area contributed by atoms with Crippen LogP contribution < -0.4 is 0 Å². The lowest BCUT2D eigenvalue weighted by Gasteiger charge is -2.18. The van der Waals surface area contributed by atoms with E-state index in [0.29, 0.717) is 19.4 Å². The number of hydrogen-bond acceptors (Lipinski definition) is 5. The summed E-state index contributed by atoms with van der Waals surface area (Å²) in [6, 6.07) is 0. The SMILES string of the molecule is CC/C=C\C/C=C\C/C=C\CCCCCCCCCC(=O)OCC(COCCCCCCCC)OC(=O)CCCCCCC/C=C\C/C=C\CCCCC. The molecule has 0 aromatic carbocycles. The van der Waals surface area contributed by atoms with Gasteiger partial charge in [0.25, 0.3) is 0 Å². The van der Waals surface area contributed by atoms with Gasteiger partial charge in [-0.05, 0) is 83.5 Å². The van der Waals surface area contributed by atoms with Crippen LogP contribution in [0, 0.1) is 0 Å². The molecule has 1 atom stereocenters. The van der Waals surface area contributed by atoms with Gasteiger partial charge in [-0.25, -0.2) is 0 Å². The van der Waals surface area contributed by atoms with Gasteiger partial charge in [0.05, 0.1) is 6.61 Å². The van der Waals surface area contributed by atoms with Crippen LogP contribution in [0.3, 0.4) is 0 Å². The molecular formula is C49H86O5. The molecular weight excluding hydrogens is 669 g/mol. The molecule has 0 amide bonds. The zero-order valence-corrected chi connectivity index (χ0v) is 35.7. The fourth-order valence-electron chi connectivity index (χ4n) is 6.14. The maximum Gasteiger partial charge on any atom is 0.306 e. The van der Waals surface area contributed by atoms with Crippen molar-refractivity contribution in [2.24, 2.45) is 0 Å². The molecule has 0 radical (unpaired) electrons. The van der Waals surface area contributed by atoms with Crippen LogP contribution in [0.4, 0.5) is 0 Å². The average molecular weight is 755 g/mol. The minimum Gasteiger partial charge on any atom is -0.462 e. The van der Waals surface area contributed by atoms with E-state index in [1.54, 1.807) is 0 Å². The minimum atomic E-state index is -0.543. The first-order valence-corrected chi connectivity index (χ1v) is 22.8. The maximum absolute atomic E-state index is 12.7. The second-order valence-corrected chi connectivity index (χ2v) is 14.9. The van der Waals surface area contributed by atoms with Crippen molar-refractivity contribution in [2.75, 3.05) is 19.8 Å². The smallest absolute Gasteiger partial charge is 0.306 e. The highest BCUT2D eigenvalue weighted by Gasteiger charge is 2.17. The Bertz CT molecular complexity index is 946. The molecule has 0 saturated heterocycles. The number of ether oxygens (including phenoxy) is 3. The summed E-state index contributed by atoms with van der Waals surface area (Å²) in [6.45, 7) is 7.63. The van der Waals surface area contributed by atoms with Crippen LogP contribution in [0.5, 0.6) is 0 Å². The van der Waals surface area contributed by atoms with Gasteiger partial charge in [-0.15, -0.1) is 0 Å². The second kappa shape index (κ2) is 45.0. The van der Waals surface area contributed by atoms with Gasteiger partial charge >= 0.3 is 11.9 Å². The molecule has 0 spiro atoms. The van der Waals surface area contributed by atoms with E-state index < -0.39 is 6.10 Å². The van der Waals surface area contributed by atoms with E-state index >= 15 is 0 Å². The summed E-state index contributed by atoms with van der Waals surface area (Å²) in [6.07, 6.45) is 55.1. The molecule has 0 aromatic rings. The third-order valence-corrected chi connectivity index (χ3v) is 9.54. The van der Waals surface area contributed by atoms with Crippen LogP contribution in [0.2, 0.25) is 0 Å². The molecule has 0 heterocycles. The fourth-order valence-corrected chi connectivity index (χ4v) is 6.14. The Kier molecular flexibility index (Phi) is 43.0. The fraction of sp³-hybridized carbons (Fsp3) is 0.755. The first-order chi connectivity index (χ1) is 26.6. The molecule has 0 aliphatic carbocycles. The summed E-state index contributed by atoms with van der Waals surface area (Å²) < 4.78 is 17.2. The lowest BCUT2D eigenvalue weighted by molar-refractivity contribution is -0.163. The molecule has 0 bridgehead atoms. The molecule has 0 rings (SSSR count). The highest BCUT2D eigenvalue weighted by molar-refractivity contribution is 5.70. The molecule has 0 aliphatic heterocycles. The monoisotopic (exact) mass is 755 g/mol. The second-order valence-electron chi connectivity index (χ2n) is 14.9. The molecule has 54 heavy (non-hydrogen) atoms. The predicted molar refractivity (Wildman–Crippen MR) is 233 cm³/mol. The van der Waals surface area contributed by atoms with Gasteiger partial charge in [-0.3, -0.25) is 9.59 Å². The lowest BCUT2D eigenvalue weighted by atomic mass is 10.1. The van der Waals surface area contributed by atoms with E-state index in [0.717, 1.165) is 89.9 Å². The minimum absolute atomic E-state index is 0.0737. The third-order valence-electron chi connectivity index (χ3n) is 9.54. The van der Waals surface area contributed by atoms with Gasteiger partial charge in [0.15, 0.2) is 6.10 Å². The normalized spacial score (nSPS) is 12.7. The first-order valence-electron chi connectivity index (χ1n) is 22.8. The van der Waals surface area contributed by atoms with E-state index in [1.165, 1.54) is 89.9 Å². The Morgan fingerprint density at radius 3 is 1.37 bits per heavy atom. The van der Waals surface area contributed by atoms with E-state index in [-0.39, 0.29) is 25.2 Å². The number of carbonyl (C=O) groups excluding carboxylic acids is 2. The Morgan fingerprint density at radius 1 is 0.426 bits per heavy atom. The van der Waals surface area contributed by atoms with Gasteiger partial charge in [0, 0.05) is 19.4 Å². The van der Waals surface area contributed by atoms with Crippen molar-refractivity contribution in [3.8, 4) is 0 Å². The highest BCUT2D eigenvalue weighted by Crippen LogP contribution is 2.13. The number of rotatable bonds is 41. The van der Waals surface area contributed by atoms with Crippen LogP contribution in [-0.2, 0) is 23.8 Å². The van der Waals surface area contributed by atoms with Gasteiger partial charge in [0.2, 0.25) is 0 Å². The standard InChI is InChI=1S/C49H86O5/c1-4-7-10-13-16-18-20-22-24-25-27-28-30-32-34-36-39-42-48(50)53-46-47(45-52-44-41-38-15-12-9-6-3)54-49(51)43-40-37-35-33-31-29-26-23-21-19-17-14-11-8-5-2/h7,10,16-19,22-24,26,47H,4-6,8-9,11-15,20-21,25,27-46H2,1-3H3/b10-7-,18-16-,19-17-,24-22-,26-23-. The molecule has 312 valence electrons. The highest BCUT2D eigenvalue weighted by atomic mass is 16.6. The third kappa shape index (κ3) is 42.3. The van der Waals surface area contributed by atoms with E-state index in [2.05, 4.69) is 81.5 Å². The van der Waals surface area contributed by atoms with Gasteiger partial charge < -0.3 is 14.2 Å². The lowest BCUT2D eigenvalue weighted by Crippen LogP contribution is -2.30. The first kappa shape index (κ1) is 51.6. The van der Waals surface area contributed by atoms with E-state index in [1.807, 2.05) is 0 Å². The van der Waals surface area contributed by atoms with Crippen molar-refractivity contribution in [3.05, 3.63) is 60.8 Å². The van der Waals surface area contributed by atoms with Crippen molar-refractivity contribution in [2.45, 2.75) is 219 Å². The summed E-state index contributed by atoms with van der Waals surface area (Å²) in [4.78, 5) is 25.2. The summed E-state index contributed by atoms with van der Waals surface area (Å²) in [5, 5.41) is 0. The van der Waals surface area contributed by atoms with Crippen molar-refractivity contribution >= 4 is 11.9 Å². The van der Waals surface area contributed by atoms with Gasteiger partial charge in [-0.1, -0.05) is 178 Å². The molecule has 0 aliphatic rings. The number of hydrogen-bond donors (Lipinski definition) is 0. The van der Waals surface area contributed by atoms with Crippen molar-refractivity contribution in [1.29, 1.82) is 0 Å². The zero-order chi connectivity index (χ0) is 39.3. The Labute approximate surface area is 334 Å². The number of esters is 2. The topological polar surface area (TPSA) is 61.8 Å². The molecule has 0 aromatic heterocycles. The molecule has 5 heteroatoms. The molecule has 5 nitrogen and oxygen atoms in total. The van der Waals surface area contributed by atoms with Crippen LogP contribution in [-0.4, -0.2) is 37.9 Å². The van der Waals surface area contributed by atoms with Crippen molar-refractivity contribution < 1.29 is 23.8 Å². The largest absolute Gasteiger partial charge is 0.462 e. The van der Waals surface area contributed by atoms with Crippen molar-refractivity contribution in [3.63, 3.8) is 0 Å². The number of carbonyl (C=O) groups is 2. The summed E-state index contributed by atoms with van der Waals surface area (Å²) in [5.41, 5.74) is 0. The molecule has 0 fully saturated rings. The maximum atomic E-state index is 12.7. The predicted octanol–water partition coefficient (Wildman–Crippen LogP) is 15.0. The average Bonchev–Trinajstić information content (AvgIpc) is 3.17. The Morgan fingerprint density at radius 2 is 0.833 bits per heavy atom. The quantitative estimate of drug-likeness (QED) is 0.0353. The molecule has 1 unspecified atom stereocenters. The van der Waals surface area contributed by atoms with Crippen LogP contribution >= 0.6 is 0 Å². The van der Waals surface area contributed by atoms with Crippen molar-refractivity contribution in [1.82, 2.24) is 0 Å². The number of unbranched alkanes of at least 4 members (excludes halogenated alkanes) is 20. The molecule has 0 saturated carbocycles. The van der Waals surface area contributed by atoms with E-state index in [4.69, 9.17) is 14.2 Å². The summed E-state index contributed by atoms with van der Waals surface area (Å²) in [5.74, 6) is -0.427. The van der Waals surface area contributed by atoms with Gasteiger partial charge in [0.1, 0.15) is 6.61 Å². The van der Waals surface area contributed by atoms with Gasteiger partial charge in [-0.2, -0.15) is 0 Å². The van der Waals surface area contributed by atoms with Crippen LogP contribution in [0.25, 0.3) is 0 Å². The van der Waals surface area contributed by atoms with Crippen LogP contribution in [0.1, 0.15) is 213 Å². The zero-order valence-electron chi connectivity index (χ0n) is 35.7. The Hall–Kier alpha value is -2.40.